The smallest absolute Gasteiger partial charge is 0.265 e. The minimum Gasteiger partial charge on any atom is -0.496 e. The van der Waals surface area contributed by atoms with Gasteiger partial charge in [0.25, 0.3) is 10.0 Å². The molecule has 1 saturated carbocycles. The molecule has 0 saturated heterocycles. The molecule has 1 aliphatic carbocycles. The maximum absolute atomic E-state index is 12.5. The monoisotopic (exact) mass is 335 g/mol. The molecule has 6 nitrogen and oxygen atoms in total. The molecule has 0 radical (unpaired) electrons. The van der Waals surface area contributed by atoms with E-state index in [0.717, 1.165) is 24.8 Å². The van der Waals surface area contributed by atoms with E-state index in [0.29, 0.717) is 17.5 Å². The molecule has 3 rings (SSSR count). The van der Waals surface area contributed by atoms with Gasteiger partial charge in [-0.05, 0) is 37.3 Å². The van der Waals surface area contributed by atoms with Gasteiger partial charge in [0.05, 0.1) is 25.0 Å². The first-order valence-electron chi connectivity index (χ1n) is 7.77. The number of aromatic nitrogens is 2. The van der Waals surface area contributed by atoms with E-state index in [1.807, 2.05) is 13.0 Å². The third-order valence-corrected chi connectivity index (χ3v) is 5.59. The summed E-state index contributed by atoms with van der Waals surface area (Å²) >= 11 is 0. The maximum Gasteiger partial charge on any atom is 0.265 e. The van der Waals surface area contributed by atoms with Gasteiger partial charge in [-0.3, -0.25) is 9.40 Å². The van der Waals surface area contributed by atoms with Gasteiger partial charge >= 0.3 is 0 Å². The van der Waals surface area contributed by atoms with Crippen LogP contribution >= 0.6 is 0 Å². The van der Waals surface area contributed by atoms with Crippen molar-refractivity contribution in [3.63, 3.8) is 0 Å². The van der Waals surface area contributed by atoms with E-state index in [9.17, 15) is 8.42 Å². The second-order valence-corrected chi connectivity index (χ2v) is 7.41. The number of methoxy groups -OCH3 is 1. The summed E-state index contributed by atoms with van der Waals surface area (Å²) in [5, 5.41) is 4.18. The zero-order chi connectivity index (χ0) is 16.4. The summed E-state index contributed by atoms with van der Waals surface area (Å²) in [5.74, 6) is 0.679. The second-order valence-electron chi connectivity index (χ2n) is 5.73. The Bertz CT molecular complexity index is 795. The highest BCUT2D eigenvalue weighted by atomic mass is 32.2. The number of hydrogen-bond acceptors (Lipinski definition) is 4. The van der Waals surface area contributed by atoms with Gasteiger partial charge in [0.15, 0.2) is 0 Å². The number of ether oxygens (including phenoxy) is 1. The third kappa shape index (κ3) is 3.19. The number of nitrogens with zero attached hydrogens (tertiary/aromatic N) is 2. The van der Waals surface area contributed by atoms with Crippen molar-refractivity contribution in [1.29, 1.82) is 0 Å². The van der Waals surface area contributed by atoms with E-state index in [1.165, 1.54) is 12.6 Å². The fraction of sp³-hybridized carbons (Fsp3) is 0.438. The molecular weight excluding hydrogens is 314 g/mol. The number of hydrogen-bond donors (Lipinski definition) is 1. The average Bonchev–Trinajstić information content (AvgIpc) is 2.95. The van der Waals surface area contributed by atoms with E-state index < -0.39 is 10.0 Å². The summed E-state index contributed by atoms with van der Waals surface area (Å²) in [4.78, 5) is 0.183. The van der Waals surface area contributed by atoms with Crippen LogP contribution in [0.3, 0.4) is 0 Å². The van der Waals surface area contributed by atoms with E-state index in [-0.39, 0.29) is 4.90 Å². The summed E-state index contributed by atoms with van der Waals surface area (Å²) in [6.07, 6.45) is 7.12. The Labute approximate surface area is 136 Å². The zero-order valence-corrected chi connectivity index (χ0v) is 14.1. The summed E-state index contributed by atoms with van der Waals surface area (Å²) in [7, 11) is -2.06. The number of aryl methyl sites for hydroxylation is 1. The lowest BCUT2D eigenvalue weighted by Gasteiger charge is -2.25. The quantitative estimate of drug-likeness (QED) is 0.881. The molecule has 0 bridgehead atoms. The van der Waals surface area contributed by atoms with E-state index in [2.05, 4.69) is 9.82 Å². The van der Waals surface area contributed by atoms with Crippen LogP contribution in [0.15, 0.2) is 35.5 Å². The van der Waals surface area contributed by atoms with Crippen molar-refractivity contribution >= 4 is 15.7 Å². The average molecular weight is 335 g/mol. The molecular formula is C16H21N3O3S. The highest BCUT2D eigenvalue weighted by Gasteiger charge is 2.23. The molecule has 1 aromatic carbocycles. The topological polar surface area (TPSA) is 73.2 Å². The molecule has 1 aromatic heterocycles. The number of nitrogens with one attached hydrogen (secondary N) is 1. The lowest BCUT2D eigenvalue weighted by molar-refractivity contribution is 0.289. The lowest BCUT2D eigenvalue weighted by Crippen LogP contribution is -2.17. The Hall–Kier alpha value is -2.02. The molecule has 1 fully saturated rings. The number of anilines is 1. The highest BCUT2D eigenvalue weighted by Crippen LogP contribution is 2.31. The molecule has 0 aliphatic heterocycles. The summed E-state index contributed by atoms with van der Waals surface area (Å²) < 4.78 is 34.6. The molecule has 124 valence electrons. The van der Waals surface area contributed by atoms with Crippen LogP contribution in [0.25, 0.3) is 0 Å². The summed E-state index contributed by atoms with van der Waals surface area (Å²) in [6, 6.07) is 5.65. The Kier molecular flexibility index (Phi) is 4.30. The SMILES string of the molecule is CCc1ccc(NS(=O)(=O)c2cnn(C3CCC3)c2)cc1OC. The Balaban J connectivity index is 1.81. The number of sulfonamides is 1. The van der Waals surface area contributed by atoms with Gasteiger partial charge in [-0.2, -0.15) is 5.10 Å². The minimum atomic E-state index is -3.64. The predicted octanol–water partition coefficient (Wildman–Crippen LogP) is 2.98. The Morgan fingerprint density at radius 1 is 1.39 bits per heavy atom. The summed E-state index contributed by atoms with van der Waals surface area (Å²) in [6.45, 7) is 2.02. The first-order valence-corrected chi connectivity index (χ1v) is 9.25. The second kappa shape index (κ2) is 6.23. The van der Waals surface area contributed by atoms with Crippen LogP contribution in [0.5, 0.6) is 5.75 Å². The van der Waals surface area contributed by atoms with Crippen LogP contribution in [0.2, 0.25) is 0 Å². The molecule has 2 aromatic rings. The number of rotatable bonds is 6. The van der Waals surface area contributed by atoms with Crippen molar-refractivity contribution in [3.8, 4) is 5.75 Å². The fourth-order valence-electron chi connectivity index (χ4n) is 2.62. The van der Waals surface area contributed by atoms with Gasteiger partial charge in [0, 0.05) is 12.3 Å². The van der Waals surface area contributed by atoms with Gasteiger partial charge in [0.2, 0.25) is 0 Å². The fourth-order valence-corrected chi connectivity index (χ4v) is 3.61. The van der Waals surface area contributed by atoms with Crippen molar-refractivity contribution in [2.24, 2.45) is 0 Å². The predicted molar refractivity (Wildman–Crippen MR) is 88.3 cm³/mol. The van der Waals surface area contributed by atoms with E-state index in [4.69, 9.17) is 4.74 Å². The minimum absolute atomic E-state index is 0.183. The zero-order valence-electron chi connectivity index (χ0n) is 13.3. The van der Waals surface area contributed by atoms with Gasteiger partial charge in [-0.15, -0.1) is 0 Å². The Morgan fingerprint density at radius 2 is 2.17 bits per heavy atom. The molecule has 0 atom stereocenters. The Morgan fingerprint density at radius 3 is 2.78 bits per heavy atom. The van der Waals surface area contributed by atoms with Crippen molar-refractivity contribution < 1.29 is 13.2 Å². The standard InChI is InChI=1S/C16H21N3O3S/c1-3-12-7-8-13(9-16(12)22-2)18-23(20,21)15-10-17-19(11-15)14-5-4-6-14/h7-11,14,18H,3-6H2,1-2H3. The maximum atomic E-state index is 12.5. The molecule has 23 heavy (non-hydrogen) atoms. The summed E-state index contributed by atoms with van der Waals surface area (Å²) in [5.41, 5.74) is 1.52. The normalized spacial score (nSPS) is 15.2. The van der Waals surface area contributed by atoms with Crippen LogP contribution in [0.1, 0.15) is 37.8 Å². The molecule has 1 N–H and O–H groups in total. The molecule has 7 heteroatoms. The first kappa shape index (κ1) is 15.9. The van der Waals surface area contributed by atoms with Gasteiger partial charge < -0.3 is 4.74 Å². The van der Waals surface area contributed by atoms with Crippen LogP contribution in [-0.2, 0) is 16.4 Å². The molecule has 0 amide bonds. The van der Waals surface area contributed by atoms with Gasteiger partial charge in [-0.25, -0.2) is 8.42 Å². The van der Waals surface area contributed by atoms with Crippen LogP contribution < -0.4 is 9.46 Å². The molecule has 1 heterocycles. The van der Waals surface area contributed by atoms with Crippen LogP contribution in [-0.4, -0.2) is 25.3 Å². The van der Waals surface area contributed by atoms with Crippen molar-refractivity contribution in [2.75, 3.05) is 11.8 Å². The largest absolute Gasteiger partial charge is 0.496 e. The molecule has 0 unspecified atom stereocenters. The lowest BCUT2D eigenvalue weighted by atomic mass is 9.93. The first-order chi connectivity index (χ1) is 11.0. The van der Waals surface area contributed by atoms with Crippen LogP contribution in [0.4, 0.5) is 5.69 Å². The van der Waals surface area contributed by atoms with Crippen LogP contribution in [0, 0.1) is 0 Å². The third-order valence-electron chi connectivity index (χ3n) is 4.26. The number of benzene rings is 1. The van der Waals surface area contributed by atoms with Crippen molar-refractivity contribution in [3.05, 3.63) is 36.2 Å². The van der Waals surface area contributed by atoms with E-state index in [1.54, 1.807) is 30.1 Å². The highest BCUT2D eigenvalue weighted by molar-refractivity contribution is 7.92. The van der Waals surface area contributed by atoms with Crippen molar-refractivity contribution in [1.82, 2.24) is 9.78 Å². The van der Waals surface area contributed by atoms with Crippen molar-refractivity contribution in [2.45, 2.75) is 43.5 Å². The molecule has 0 spiro atoms. The van der Waals surface area contributed by atoms with Gasteiger partial charge in [-0.1, -0.05) is 13.0 Å². The molecule has 1 aliphatic rings. The van der Waals surface area contributed by atoms with E-state index >= 15 is 0 Å². The van der Waals surface area contributed by atoms with Gasteiger partial charge in [0.1, 0.15) is 10.6 Å².